The molecule has 0 unspecified atom stereocenters. The standard InChI is InChI=1S/C17H14F6N4O2/c18-9-3-7(17(21,22)23)5-25-12(9)6-26-15-10(19)4-11(14(24)13(15)20)27-16(28)29-8-1-2-8/h3-5,8,26H,1-2,6,24H2,(H,27,28). The Morgan fingerprint density at radius 2 is 1.90 bits per heavy atom. The monoisotopic (exact) mass is 420 g/mol. The third kappa shape index (κ3) is 4.81. The highest BCUT2D eigenvalue weighted by Crippen LogP contribution is 2.33. The summed E-state index contributed by atoms with van der Waals surface area (Å²) in [4.78, 5) is 14.9. The van der Waals surface area contributed by atoms with Crippen LogP contribution in [0.15, 0.2) is 18.3 Å². The van der Waals surface area contributed by atoms with Gasteiger partial charge in [0.15, 0.2) is 11.6 Å². The van der Waals surface area contributed by atoms with E-state index in [9.17, 15) is 31.1 Å². The number of halogens is 6. The van der Waals surface area contributed by atoms with Crippen molar-refractivity contribution in [1.29, 1.82) is 0 Å². The molecule has 3 rings (SSSR count). The van der Waals surface area contributed by atoms with Gasteiger partial charge in [0.2, 0.25) is 0 Å². The zero-order valence-electron chi connectivity index (χ0n) is 14.5. The van der Waals surface area contributed by atoms with Gasteiger partial charge < -0.3 is 15.8 Å². The molecule has 4 N–H and O–H groups in total. The molecule has 29 heavy (non-hydrogen) atoms. The second kappa shape index (κ2) is 7.68. The van der Waals surface area contributed by atoms with Crippen LogP contribution in [0, 0.1) is 17.5 Å². The van der Waals surface area contributed by atoms with E-state index in [2.05, 4.69) is 15.6 Å². The van der Waals surface area contributed by atoms with Crippen LogP contribution in [-0.4, -0.2) is 17.2 Å². The molecule has 0 aliphatic heterocycles. The molecule has 0 spiro atoms. The predicted molar refractivity (Wildman–Crippen MR) is 90.4 cm³/mol. The smallest absolute Gasteiger partial charge is 0.417 e. The van der Waals surface area contributed by atoms with Crippen LogP contribution < -0.4 is 16.4 Å². The molecule has 0 saturated heterocycles. The van der Waals surface area contributed by atoms with E-state index in [0.29, 0.717) is 19.0 Å². The van der Waals surface area contributed by atoms with Crippen molar-refractivity contribution in [3.63, 3.8) is 0 Å². The molecule has 1 amide bonds. The lowest BCUT2D eigenvalue weighted by atomic mass is 10.2. The number of nitrogens with zero attached hydrogens (tertiary/aromatic N) is 1. The van der Waals surface area contributed by atoms with E-state index >= 15 is 0 Å². The largest absolute Gasteiger partial charge is 0.446 e. The van der Waals surface area contributed by atoms with Gasteiger partial charge in [0.05, 0.1) is 29.2 Å². The third-order valence-electron chi connectivity index (χ3n) is 3.97. The average Bonchev–Trinajstić information content (AvgIpc) is 3.43. The quantitative estimate of drug-likeness (QED) is 0.492. The van der Waals surface area contributed by atoms with E-state index in [1.54, 1.807) is 0 Å². The summed E-state index contributed by atoms with van der Waals surface area (Å²) in [5.74, 6) is -3.76. The van der Waals surface area contributed by atoms with Gasteiger partial charge in [-0.05, 0) is 18.9 Å². The normalized spacial score (nSPS) is 13.9. The van der Waals surface area contributed by atoms with Crippen LogP contribution in [0.1, 0.15) is 24.1 Å². The Labute approximate surface area is 160 Å². The minimum atomic E-state index is -4.78. The van der Waals surface area contributed by atoms with Crippen molar-refractivity contribution in [2.24, 2.45) is 0 Å². The molecule has 1 aromatic carbocycles. The highest BCUT2D eigenvalue weighted by Gasteiger charge is 2.32. The van der Waals surface area contributed by atoms with Crippen LogP contribution in [0.3, 0.4) is 0 Å². The number of ether oxygens (including phenoxy) is 1. The summed E-state index contributed by atoms with van der Waals surface area (Å²) in [5.41, 5.74) is 2.02. The van der Waals surface area contributed by atoms with Gasteiger partial charge in [0.25, 0.3) is 0 Å². The van der Waals surface area contributed by atoms with Crippen LogP contribution in [0.25, 0.3) is 0 Å². The minimum absolute atomic E-state index is 0.226. The number of rotatable bonds is 5. The van der Waals surface area contributed by atoms with Gasteiger partial charge in [-0.3, -0.25) is 10.3 Å². The number of carbonyl (C=O) groups is 1. The lowest BCUT2D eigenvalue weighted by molar-refractivity contribution is -0.138. The molecule has 0 atom stereocenters. The Morgan fingerprint density at radius 3 is 2.48 bits per heavy atom. The number of nitrogens with one attached hydrogen (secondary N) is 2. The Kier molecular flexibility index (Phi) is 5.44. The molecule has 12 heteroatoms. The summed E-state index contributed by atoms with van der Waals surface area (Å²) in [6.07, 6.45) is -4.14. The summed E-state index contributed by atoms with van der Waals surface area (Å²) >= 11 is 0. The zero-order chi connectivity index (χ0) is 21.3. The van der Waals surface area contributed by atoms with Crippen molar-refractivity contribution in [3.8, 4) is 0 Å². The van der Waals surface area contributed by atoms with E-state index in [1.807, 2.05) is 0 Å². The predicted octanol–water partition coefficient (Wildman–Crippen LogP) is 4.42. The van der Waals surface area contributed by atoms with E-state index in [1.165, 1.54) is 0 Å². The van der Waals surface area contributed by atoms with Gasteiger partial charge in [-0.2, -0.15) is 13.2 Å². The van der Waals surface area contributed by atoms with Crippen LogP contribution >= 0.6 is 0 Å². The molecule has 156 valence electrons. The number of benzene rings is 1. The van der Waals surface area contributed by atoms with Crippen molar-refractivity contribution >= 4 is 23.2 Å². The minimum Gasteiger partial charge on any atom is -0.446 e. The zero-order valence-corrected chi connectivity index (χ0v) is 14.5. The molecule has 2 aromatic rings. The number of hydrogen-bond acceptors (Lipinski definition) is 5. The number of carbonyl (C=O) groups excluding carboxylic acids is 1. The molecule has 1 saturated carbocycles. The molecular formula is C17H14F6N4O2. The number of pyridine rings is 1. The fourth-order valence-electron chi connectivity index (χ4n) is 2.30. The van der Waals surface area contributed by atoms with Gasteiger partial charge in [0, 0.05) is 12.3 Å². The molecule has 0 bridgehead atoms. The first kappa shape index (κ1) is 20.6. The van der Waals surface area contributed by atoms with Crippen LogP contribution in [0.2, 0.25) is 0 Å². The molecule has 0 radical (unpaired) electrons. The van der Waals surface area contributed by atoms with Crippen molar-refractivity contribution in [2.75, 3.05) is 16.4 Å². The third-order valence-corrected chi connectivity index (χ3v) is 3.97. The second-order valence-electron chi connectivity index (χ2n) is 6.24. The number of anilines is 3. The van der Waals surface area contributed by atoms with E-state index in [-0.39, 0.29) is 17.9 Å². The molecule has 1 fully saturated rings. The Hall–Kier alpha value is -3.18. The highest BCUT2D eigenvalue weighted by atomic mass is 19.4. The van der Waals surface area contributed by atoms with Crippen LogP contribution in [0.5, 0.6) is 0 Å². The van der Waals surface area contributed by atoms with Crippen LogP contribution in [-0.2, 0) is 17.5 Å². The molecular weight excluding hydrogens is 406 g/mol. The second-order valence-corrected chi connectivity index (χ2v) is 6.24. The maximum Gasteiger partial charge on any atom is 0.417 e. The summed E-state index contributed by atoms with van der Waals surface area (Å²) in [6, 6.07) is 0.953. The fraction of sp³-hybridized carbons (Fsp3) is 0.294. The first-order valence-corrected chi connectivity index (χ1v) is 8.27. The molecule has 6 nitrogen and oxygen atoms in total. The number of alkyl halides is 3. The lowest BCUT2D eigenvalue weighted by Gasteiger charge is -2.15. The summed E-state index contributed by atoms with van der Waals surface area (Å²) in [6.45, 7) is -0.617. The van der Waals surface area contributed by atoms with Gasteiger partial charge >= 0.3 is 12.3 Å². The Bertz CT molecular complexity index is 946. The molecule has 1 heterocycles. The topological polar surface area (TPSA) is 89.3 Å². The summed E-state index contributed by atoms with van der Waals surface area (Å²) < 4.78 is 84.9. The summed E-state index contributed by atoms with van der Waals surface area (Å²) in [5, 5.41) is 4.32. The SMILES string of the molecule is Nc1c(NC(=O)OC2CC2)cc(F)c(NCc2ncc(C(F)(F)F)cc2F)c1F. The van der Waals surface area contributed by atoms with Crippen molar-refractivity contribution in [3.05, 3.63) is 47.0 Å². The van der Waals surface area contributed by atoms with Gasteiger partial charge in [-0.25, -0.2) is 18.0 Å². The van der Waals surface area contributed by atoms with Crippen molar-refractivity contribution in [2.45, 2.75) is 31.7 Å². The number of aromatic nitrogens is 1. The van der Waals surface area contributed by atoms with E-state index < -0.39 is 58.9 Å². The average molecular weight is 420 g/mol. The fourth-order valence-corrected chi connectivity index (χ4v) is 2.30. The molecule has 1 aromatic heterocycles. The van der Waals surface area contributed by atoms with Gasteiger partial charge in [-0.15, -0.1) is 0 Å². The number of amides is 1. The van der Waals surface area contributed by atoms with E-state index in [4.69, 9.17) is 10.5 Å². The summed E-state index contributed by atoms with van der Waals surface area (Å²) in [7, 11) is 0. The first-order valence-electron chi connectivity index (χ1n) is 8.27. The van der Waals surface area contributed by atoms with Gasteiger partial charge in [0.1, 0.15) is 17.6 Å². The highest BCUT2D eigenvalue weighted by molar-refractivity contribution is 5.90. The number of nitrogens with two attached hydrogens (primary N) is 1. The molecule has 1 aliphatic rings. The maximum absolute atomic E-state index is 14.4. The molecule has 1 aliphatic carbocycles. The van der Waals surface area contributed by atoms with Crippen LogP contribution in [0.4, 0.5) is 48.2 Å². The van der Waals surface area contributed by atoms with Crippen molar-refractivity contribution in [1.82, 2.24) is 4.98 Å². The van der Waals surface area contributed by atoms with Gasteiger partial charge in [-0.1, -0.05) is 0 Å². The Morgan fingerprint density at radius 1 is 1.21 bits per heavy atom. The Balaban J connectivity index is 1.74. The van der Waals surface area contributed by atoms with E-state index in [0.717, 1.165) is 6.07 Å². The lowest BCUT2D eigenvalue weighted by Crippen LogP contribution is -2.17. The number of nitrogen functional groups attached to an aromatic ring is 1. The van der Waals surface area contributed by atoms with Crippen molar-refractivity contribution < 1.29 is 35.9 Å². The first-order chi connectivity index (χ1) is 13.6. The number of hydrogen-bond donors (Lipinski definition) is 3. The maximum atomic E-state index is 14.4.